The van der Waals surface area contributed by atoms with E-state index in [2.05, 4.69) is 15.3 Å². The summed E-state index contributed by atoms with van der Waals surface area (Å²) in [6.45, 7) is 2.35. The number of unbranched alkanes of at least 4 members (excludes halogenated alkanes) is 4. The Morgan fingerprint density at radius 3 is 2.23 bits per heavy atom. The summed E-state index contributed by atoms with van der Waals surface area (Å²) in [6, 6.07) is 0. The molecule has 0 aliphatic heterocycles. The Balaban J connectivity index is 3.26. The lowest BCUT2D eigenvalue weighted by molar-refractivity contribution is 0.238. The van der Waals surface area contributed by atoms with Gasteiger partial charge >= 0.3 is 10.4 Å². The molecule has 0 spiro atoms. The third kappa shape index (κ3) is 8.21. The van der Waals surface area contributed by atoms with E-state index in [9.17, 15) is 8.42 Å². The second-order valence-corrected chi connectivity index (χ2v) is 4.20. The van der Waals surface area contributed by atoms with Crippen molar-refractivity contribution in [2.45, 2.75) is 39.0 Å². The highest BCUT2D eigenvalue weighted by Gasteiger charge is 2.06. The van der Waals surface area contributed by atoms with E-state index in [4.69, 9.17) is 0 Å². The molecule has 4 nitrogen and oxygen atoms in total. The Morgan fingerprint density at radius 2 is 1.69 bits per heavy atom. The van der Waals surface area contributed by atoms with Gasteiger partial charge in [-0.15, -0.1) is 0 Å². The lowest BCUT2D eigenvalue weighted by Gasteiger charge is -2.02. The minimum Gasteiger partial charge on any atom is -0.252 e. The summed E-state index contributed by atoms with van der Waals surface area (Å²) < 4.78 is 29.9. The highest BCUT2D eigenvalue weighted by molar-refractivity contribution is 7.81. The summed E-state index contributed by atoms with van der Waals surface area (Å²) >= 11 is 0. The SMILES string of the molecule is CCCCCCCOS(=O)(=O)OC. The fraction of sp³-hybridized carbons (Fsp3) is 1.00. The molecule has 0 fully saturated rings. The van der Waals surface area contributed by atoms with Crippen molar-refractivity contribution in [3.8, 4) is 0 Å². The van der Waals surface area contributed by atoms with Crippen LogP contribution in [0.3, 0.4) is 0 Å². The lowest BCUT2D eigenvalue weighted by atomic mass is 10.2. The van der Waals surface area contributed by atoms with Crippen molar-refractivity contribution in [3.05, 3.63) is 0 Å². The highest BCUT2D eigenvalue weighted by Crippen LogP contribution is 2.03. The average Bonchev–Trinajstić information content (AvgIpc) is 2.11. The third-order valence-corrected chi connectivity index (χ3v) is 2.54. The summed E-state index contributed by atoms with van der Waals surface area (Å²) in [5.41, 5.74) is 0. The molecule has 0 amide bonds. The van der Waals surface area contributed by atoms with E-state index in [0.717, 1.165) is 26.4 Å². The molecule has 0 N–H and O–H groups in total. The van der Waals surface area contributed by atoms with Crippen LogP contribution in [0.25, 0.3) is 0 Å². The highest BCUT2D eigenvalue weighted by atomic mass is 32.3. The summed E-state index contributed by atoms with van der Waals surface area (Å²) in [5, 5.41) is 0. The van der Waals surface area contributed by atoms with Gasteiger partial charge < -0.3 is 0 Å². The first kappa shape index (κ1) is 12.9. The van der Waals surface area contributed by atoms with Crippen molar-refractivity contribution >= 4 is 10.4 Å². The molecule has 0 aliphatic rings. The zero-order valence-corrected chi connectivity index (χ0v) is 9.10. The minimum atomic E-state index is -3.71. The Morgan fingerprint density at radius 1 is 1.08 bits per heavy atom. The largest absolute Gasteiger partial charge is 0.399 e. The first-order chi connectivity index (χ1) is 6.12. The van der Waals surface area contributed by atoms with Gasteiger partial charge in [0.2, 0.25) is 0 Å². The first-order valence-corrected chi connectivity index (χ1v) is 5.90. The normalized spacial score (nSPS) is 11.8. The second-order valence-electron chi connectivity index (χ2n) is 2.81. The zero-order valence-electron chi connectivity index (χ0n) is 8.28. The van der Waals surface area contributed by atoms with E-state index < -0.39 is 10.4 Å². The van der Waals surface area contributed by atoms with E-state index >= 15 is 0 Å². The fourth-order valence-corrected chi connectivity index (χ4v) is 1.33. The predicted molar refractivity (Wildman–Crippen MR) is 50.6 cm³/mol. The fourth-order valence-electron chi connectivity index (χ4n) is 0.915. The molecule has 0 radical (unpaired) electrons. The van der Waals surface area contributed by atoms with Gasteiger partial charge in [-0.05, 0) is 6.42 Å². The van der Waals surface area contributed by atoms with Crippen molar-refractivity contribution in [2.24, 2.45) is 0 Å². The van der Waals surface area contributed by atoms with Crippen LogP contribution >= 0.6 is 0 Å². The molecule has 0 aromatic rings. The maximum atomic E-state index is 10.6. The molecular weight excluding hydrogens is 192 g/mol. The number of rotatable bonds is 8. The van der Waals surface area contributed by atoms with Crippen molar-refractivity contribution in [3.63, 3.8) is 0 Å². The van der Waals surface area contributed by atoms with Crippen LogP contribution in [0, 0.1) is 0 Å². The topological polar surface area (TPSA) is 52.6 Å². The number of hydrogen-bond donors (Lipinski definition) is 0. The Labute approximate surface area is 80.6 Å². The second kappa shape index (κ2) is 7.29. The van der Waals surface area contributed by atoms with Crippen molar-refractivity contribution in [1.82, 2.24) is 0 Å². The van der Waals surface area contributed by atoms with E-state index in [-0.39, 0.29) is 6.61 Å². The molecule has 0 rings (SSSR count). The molecule has 0 heterocycles. The summed E-state index contributed by atoms with van der Waals surface area (Å²) in [5.74, 6) is 0. The van der Waals surface area contributed by atoms with Crippen LogP contribution in [0.15, 0.2) is 0 Å². The molecule has 0 saturated carbocycles. The smallest absolute Gasteiger partial charge is 0.252 e. The molecule has 0 atom stereocenters. The van der Waals surface area contributed by atoms with Crippen molar-refractivity contribution < 1.29 is 16.8 Å². The van der Waals surface area contributed by atoms with Gasteiger partial charge in [0.05, 0.1) is 13.7 Å². The van der Waals surface area contributed by atoms with E-state index in [1.165, 1.54) is 12.8 Å². The van der Waals surface area contributed by atoms with Gasteiger partial charge in [-0.1, -0.05) is 32.6 Å². The summed E-state index contributed by atoms with van der Waals surface area (Å²) in [6.07, 6.45) is 5.27. The van der Waals surface area contributed by atoms with E-state index in [0.29, 0.717) is 0 Å². The van der Waals surface area contributed by atoms with Gasteiger partial charge in [0.25, 0.3) is 0 Å². The van der Waals surface area contributed by atoms with Gasteiger partial charge in [0.1, 0.15) is 0 Å². The molecule has 0 aromatic heterocycles. The van der Waals surface area contributed by atoms with E-state index in [1.54, 1.807) is 0 Å². The van der Waals surface area contributed by atoms with Crippen molar-refractivity contribution in [2.75, 3.05) is 13.7 Å². The van der Waals surface area contributed by atoms with Gasteiger partial charge in [0.15, 0.2) is 0 Å². The predicted octanol–water partition coefficient (Wildman–Crippen LogP) is 1.86. The van der Waals surface area contributed by atoms with Gasteiger partial charge in [-0.2, -0.15) is 8.42 Å². The quantitative estimate of drug-likeness (QED) is 0.574. The van der Waals surface area contributed by atoms with Crippen LogP contribution in [0.5, 0.6) is 0 Å². The van der Waals surface area contributed by atoms with E-state index in [1.807, 2.05) is 0 Å². The monoisotopic (exact) mass is 210 g/mol. The molecule has 13 heavy (non-hydrogen) atoms. The summed E-state index contributed by atoms with van der Waals surface area (Å²) in [4.78, 5) is 0. The average molecular weight is 210 g/mol. The van der Waals surface area contributed by atoms with Gasteiger partial charge in [-0.3, -0.25) is 4.18 Å². The van der Waals surface area contributed by atoms with Crippen molar-refractivity contribution in [1.29, 1.82) is 0 Å². The molecule has 80 valence electrons. The van der Waals surface area contributed by atoms with Crippen LogP contribution in [0.1, 0.15) is 39.0 Å². The Bertz CT molecular complexity index is 198. The van der Waals surface area contributed by atoms with Crippen LogP contribution in [0.2, 0.25) is 0 Å². The molecule has 0 bridgehead atoms. The van der Waals surface area contributed by atoms with Crippen LogP contribution in [0.4, 0.5) is 0 Å². The van der Waals surface area contributed by atoms with Crippen LogP contribution in [-0.4, -0.2) is 22.1 Å². The molecule has 0 saturated heterocycles. The zero-order chi connectivity index (χ0) is 10.2. The maximum Gasteiger partial charge on any atom is 0.399 e. The molecule has 5 heteroatoms. The first-order valence-electron chi connectivity index (χ1n) is 4.57. The van der Waals surface area contributed by atoms with Crippen LogP contribution in [-0.2, 0) is 18.8 Å². The van der Waals surface area contributed by atoms with Crippen LogP contribution < -0.4 is 0 Å². The standard InChI is InChI=1S/C8H18O4S/c1-3-4-5-6-7-8-12-13(9,10)11-2/h3-8H2,1-2H3. The third-order valence-electron chi connectivity index (χ3n) is 1.68. The van der Waals surface area contributed by atoms with Gasteiger partial charge in [-0.25, -0.2) is 4.18 Å². The molecular formula is C8H18O4S. The minimum absolute atomic E-state index is 0.222. The molecule has 0 aromatic carbocycles. The summed E-state index contributed by atoms with van der Waals surface area (Å²) in [7, 11) is -2.62. The molecule has 0 aliphatic carbocycles. The maximum absolute atomic E-state index is 10.6. The Kier molecular flexibility index (Phi) is 7.22. The number of hydrogen-bond acceptors (Lipinski definition) is 4. The Hall–Kier alpha value is -0.130. The molecule has 0 unspecified atom stereocenters. The lowest BCUT2D eigenvalue weighted by Crippen LogP contribution is -2.08. The van der Waals surface area contributed by atoms with Gasteiger partial charge in [0, 0.05) is 0 Å².